The van der Waals surface area contributed by atoms with Crippen molar-refractivity contribution in [3.63, 3.8) is 0 Å². The topological polar surface area (TPSA) is 349 Å². The lowest BCUT2D eigenvalue weighted by Gasteiger charge is -2.14. The molecule has 544 valence electrons. The Hall–Kier alpha value is -12.2. The highest BCUT2D eigenvalue weighted by Gasteiger charge is 2.33. The summed E-state index contributed by atoms with van der Waals surface area (Å²) in [7, 11) is -10.0. The van der Waals surface area contributed by atoms with E-state index in [1.165, 1.54) is 99.9 Å². The minimum Gasteiger partial charge on any atom is -0.493 e. The SMILES string of the molecule is CC1=NN(c2ccc(S(=O)(=O)O)cc2)C(=O)C1=Cc1ccc(OCCOc2ccc(/C=C3\C(=O)N(c4ccc(S(=O)(=O)O)cc4)N=C3C)cc2)cc1.COc1cc(/C=C2/C(=O)N(c3ccc(C)cc3)N=C2C)ccc1OCCCOc1ccc(/C=C2/C(=O)N(c3ccc(S(=O)(=O)O)cc3)N=C2C)cc1OC. The molecule has 0 saturated heterocycles. The quantitative estimate of drug-likeness (QED) is 0.0287. The second kappa shape index (κ2) is 31.8. The van der Waals surface area contributed by atoms with Crippen molar-refractivity contribution in [2.24, 2.45) is 20.4 Å². The van der Waals surface area contributed by atoms with E-state index in [1.54, 1.807) is 132 Å². The summed E-state index contributed by atoms with van der Waals surface area (Å²) in [5.74, 6) is 1.88. The van der Waals surface area contributed by atoms with Gasteiger partial charge >= 0.3 is 0 Å². The molecule has 0 unspecified atom stereocenters. The van der Waals surface area contributed by atoms with Crippen LogP contribution in [0.15, 0.2) is 239 Å². The Balaban J connectivity index is 0.000000212. The van der Waals surface area contributed by atoms with Gasteiger partial charge in [-0.25, -0.2) is 0 Å². The van der Waals surface area contributed by atoms with Gasteiger partial charge in [0.25, 0.3) is 54.0 Å². The molecule has 30 heteroatoms. The van der Waals surface area contributed by atoms with Crippen LogP contribution >= 0.6 is 0 Å². The van der Waals surface area contributed by atoms with Gasteiger partial charge in [-0.3, -0.25) is 32.8 Å². The first kappa shape index (κ1) is 75.0. The third-order valence-electron chi connectivity index (χ3n) is 16.5. The highest BCUT2D eigenvalue weighted by molar-refractivity contribution is 7.86. The molecule has 4 aliphatic heterocycles. The molecule has 0 aliphatic carbocycles. The van der Waals surface area contributed by atoms with E-state index in [0.717, 1.165) is 22.3 Å². The number of nitrogens with zero attached hydrogens (tertiary/aromatic N) is 8. The van der Waals surface area contributed by atoms with Crippen LogP contribution in [0.2, 0.25) is 0 Å². The molecule has 12 rings (SSSR count). The van der Waals surface area contributed by atoms with Crippen molar-refractivity contribution in [3.8, 4) is 34.5 Å². The fourth-order valence-electron chi connectivity index (χ4n) is 10.9. The summed E-state index contributed by atoms with van der Waals surface area (Å²) in [4.78, 5) is 51.7. The van der Waals surface area contributed by atoms with Gasteiger partial charge in [0, 0.05) is 6.42 Å². The number of hydrogen-bond acceptors (Lipinski definition) is 20. The van der Waals surface area contributed by atoms with Crippen LogP contribution in [0.5, 0.6) is 34.5 Å². The van der Waals surface area contributed by atoms with E-state index in [0.29, 0.717) is 128 Å². The number of hydrazone groups is 4. The molecule has 0 spiro atoms. The largest absolute Gasteiger partial charge is 0.493 e. The molecule has 0 atom stereocenters. The van der Waals surface area contributed by atoms with Crippen molar-refractivity contribution in [3.05, 3.63) is 232 Å². The van der Waals surface area contributed by atoms with Gasteiger partial charge in [0.2, 0.25) is 0 Å². The average Bonchev–Trinajstić information content (AvgIpc) is 1.67. The summed E-state index contributed by atoms with van der Waals surface area (Å²) < 4.78 is 130. The molecule has 0 saturated carbocycles. The zero-order valence-electron chi connectivity index (χ0n) is 57.8. The van der Waals surface area contributed by atoms with Crippen molar-refractivity contribution in [1.82, 2.24) is 0 Å². The van der Waals surface area contributed by atoms with Crippen molar-refractivity contribution in [2.75, 3.05) is 60.7 Å². The van der Waals surface area contributed by atoms with Gasteiger partial charge < -0.3 is 28.4 Å². The number of carbonyl (C=O) groups is 4. The number of aryl methyl sites for hydroxylation is 1. The number of rotatable bonds is 24. The number of amides is 4. The average molecular weight is 1490 g/mol. The molecule has 4 amide bonds. The summed E-state index contributed by atoms with van der Waals surface area (Å²) in [6.07, 6.45) is 7.41. The van der Waals surface area contributed by atoms with Crippen LogP contribution in [0.3, 0.4) is 0 Å². The lowest BCUT2D eigenvalue weighted by Crippen LogP contribution is -2.21. The Kier molecular flexibility index (Phi) is 22.5. The maximum atomic E-state index is 13.2. The number of hydrogen-bond donors (Lipinski definition) is 3. The van der Waals surface area contributed by atoms with E-state index in [2.05, 4.69) is 20.4 Å². The molecule has 106 heavy (non-hydrogen) atoms. The zero-order chi connectivity index (χ0) is 75.8. The van der Waals surface area contributed by atoms with Crippen molar-refractivity contribution in [2.45, 2.75) is 55.7 Å². The zero-order valence-corrected chi connectivity index (χ0v) is 60.3. The first-order chi connectivity index (χ1) is 50.5. The molecule has 0 aromatic heterocycles. The number of methoxy groups -OCH3 is 2. The van der Waals surface area contributed by atoms with Crippen LogP contribution in [0.1, 0.15) is 61.9 Å². The minimum atomic E-state index is -4.36. The normalized spacial score (nSPS) is 16.2. The van der Waals surface area contributed by atoms with Gasteiger partial charge in [-0.2, -0.15) is 65.7 Å². The summed E-state index contributed by atoms with van der Waals surface area (Å²) in [5.41, 5.74) is 9.42. The van der Waals surface area contributed by atoms with E-state index in [1.807, 2.05) is 43.3 Å². The van der Waals surface area contributed by atoms with Gasteiger partial charge in [-0.05, 0) is 215 Å². The van der Waals surface area contributed by atoms with Crippen LogP contribution in [0.4, 0.5) is 22.7 Å². The molecular weight excluding hydrogens is 1430 g/mol. The predicted molar refractivity (Wildman–Crippen MR) is 400 cm³/mol. The predicted octanol–water partition coefficient (Wildman–Crippen LogP) is 12.0. The molecule has 0 fully saturated rings. The van der Waals surface area contributed by atoms with Crippen molar-refractivity contribution < 1.29 is 86.5 Å². The Labute approximate surface area is 610 Å². The molecule has 4 heterocycles. The fraction of sp³-hybridized carbons (Fsp3) is 0.158. The maximum Gasteiger partial charge on any atom is 0.294 e. The van der Waals surface area contributed by atoms with Gasteiger partial charge in [0.1, 0.15) is 24.7 Å². The van der Waals surface area contributed by atoms with Crippen LogP contribution in [0, 0.1) is 6.92 Å². The molecule has 8 aromatic carbocycles. The van der Waals surface area contributed by atoms with Crippen LogP contribution < -0.4 is 48.5 Å². The first-order valence-electron chi connectivity index (χ1n) is 32.4. The van der Waals surface area contributed by atoms with E-state index in [-0.39, 0.29) is 45.6 Å². The Morgan fingerprint density at radius 2 is 0.594 bits per heavy atom. The lowest BCUT2D eigenvalue weighted by atomic mass is 10.1. The third-order valence-corrected chi connectivity index (χ3v) is 19.1. The molecule has 0 radical (unpaired) electrons. The van der Waals surface area contributed by atoms with E-state index < -0.39 is 36.3 Å². The molecule has 8 aromatic rings. The second-order valence-corrected chi connectivity index (χ2v) is 28.2. The molecule has 4 aliphatic rings. The number of anilines is 4. The minimum absolute atomic E-state index is 0.203. The maximum absolute atomic E-state index is 13.2. The van der Waals surface area contributed by atoms with Crippen molar-refractivity contribution >= 4 is 124 Å². The second-order valence-electron chi connectivity index (χ2n) is 23.9. The lowest BCUT2D eigenvalue weighted by molar-refractivity contribution is -0.115. The molecule has 3 N–H and O–H groups in total. The van der Waals surface area contributed by atoms with E-state index >= 15 is 0 Å². The highest BCUT2D eigenvalue weighted by Crippen LogP contribution is 2.35. The molecule has 27 nitrogen and oxygen atoms in total. The van der Waals surface area contributed by atoms with Gasteiger partial charge in [-0.1, -0.05) is 54.1 Å². The Morgan fingerprint density at radius 1 is 0.330 bits per heavy atom. The van der Waals surface area contributed by atoms with Gasteiger partial charge in [-0.15, -0.1) is 0 Å². The van der Waals surface area contributed by atoms with Gasteiger partial charge in [0.05, 0.1) is 110 Å². The van der Waals surface area contributed by atoms with E-state index in [9.17, 15) is 58.1 Å². The highest BCUT2D eigenvalue weighted by atomic mass is 32.2. The molecule has 0 bridgehead atoms. The standard InChI is InChI=1S/C40H38N4O9S.C36H30N4O10S2/c1-25-7-11-30(12-8-25)43-39(45)33(26(2)41-43)21-28-9-17-35(37(23-28)50-4)52-19-6-20-53-36-18-10-29(24-38(36)51-5)22-34-27(3)42-44(40(34)46)31-13-15-32(16-14-31)54(47,48)49;1-23-33(35(41)39(37-23)27-7-15-31(16-8-27)51(43,44)45)21-25-3-11-29(12-4-25)49-19-20-50-30-13-5-26(6-14-30)22-34-24(2)38-40(36(34)42)28-9-17-32(18-10-28)52(46,47)48/h7-18,21-24H,6,19-20H2,1-5H3,(H,47,48,49);3-18,21-22H,19-20H2,1-2H3,(H,43,44,45)(H,46,47,48)/b33-21+,34-22+;33-21-,34-22?. The van der Waals surface area contributed by atoms with Gasteiger partial charge in [0.15, 0.2) is 23.0 Å². The monoisotopic (exact) mass is 1490 g/mol. The fourth-order valence-corrected chi connectivity index (χ4v) is 12.4. The Bertz CT molecular complexity index is 5220. The van der Waals surface area contributed by atoms with E-state index in [4.69, 9.17) is 28.4 Å². The summed E-state index contributed by atoms with van der Waals surface area (Å²) in [5, 5.41) is 22.3. The summed E-state index contributed by atoms with van der Waals surface area (Å²) in [6, 6.07) is 48.1. The number of carbonyl (C=O) groups excluding carboxylic acids is 4. The summed E-state index contributed by atoms with van der Waals surface area (Å²) in [6.45, 7) is 10.1. The van der Waals surface area contributed by atoms with Crippen LogP contribution in [-0.4, -0.2) is 126 Å². The van der Waals surface area contributed by atoms with Crippen LogP contribution in [0.25, 0.3) is 24.3 Å². The number of ether oxygens (including phenoxy) is 6. The number of benzene rings is 8. The first-order valence-corrected chi connectivity index (χ1v) is 36.7. The smallest absolute Gasteiger partial charge is 0.294 e. The summed E-state index contributed by atoms with van der Waals surface area (Å²) >= 11 is 0. The Morgan fingerprint density at radius 3 is 0.868 bits per heavy atom. The third kappa shape index (κ3) is 17.7. The molecular formula is C76H68N8O19S3. The van der Waals surface area contributed by atoms with Crippen molar-refractivity contribution in [1.29, 1.82) is 0 Å². The van der Waals surface area contributed by atoms with Crippen LogP contribution in [-0.2, 0) is 49.5 Å².